The van der Waals surface area contributed by atoms with E-state index in [0.29, 0.717) is 29.7 Å². The fourth-order valence-corrected chi connectivity index (χ4v) is 3.43. The third-order valence-electron chi connectivity index (χ3n) is 4.65. The van der Waals surface area contributed by atoms with Crippen LogP contribution < -0.4 is 0 Å². The SMILES string of the molecule is Cc1cnc(C2CCCN(C(=O)c3cc4cccc(F)c4[nH]3)C2)[nH]1. The predicted molar refractivity (Wildman–Crippen MR) is 89.5 cm³/mol. The number of likely N-dealkylation sites (tertiary alicyclic amines) is 1. The number of para-hydroxylation sites is 1. The Bertz CT molecular complexity index is 897. The van der Waals surface area contributed by atoms with Gasteiger partial charge in [-0.15, -0.1) is 0 Å². The van der Waals surface area contributed by atoms with Crippen LogP contribution in [-0.2, 0) is 0 Å². The average molecular weight is 326 g/mol. The van der Waals surface area contributed by atoms with E-state index >= 15 is 0 Å². The van der Waals surface area contributed by atoms with Gasteiger partial charge in [0.2, 0.25) is 0 Å². The zero-order valence-electron chi connectivity index (χ0n) is 13.5. The minimum Gasteiger partial charge on any atom is -0.348 e. The number of rotatable bonds is 2. The van der Waals surface area contributed by atoms with Gasteiger partial charge in [0.05, 0.1) is 5.52 Å². The minimum atomic E-state index is -0.339. The molecule has 1 aromatic carbocycles. The highest BCUT2D eigenvalue weighted by Crippen LogP contribution is 2.27. The van der Waals surface area contributed by atoms with Crippen LogP contribution in [0.5, 0.6) is 0 Å². The Kier molecular flexibility index (Phi) is 3.59. The first-order valence-electron chi connectivity index (χ1n) is 8.20. The van der Waals surface area contributed by atoms with Gasteiger partial charge in [-0.25, -0.2) is 9.37 Å². The summed E-state index contributed by atoms with van der Waals surface area (Å²) in [4.78, 5) is 25.2. The van der Waals surface area contributed by atoms with Crippen molar-refractivity contribution in [1.29, 1.82) is 0 Å². The third-order valence-corrected chi connectivity index (χ3v) is 4.65. The molecule has 1 aliphatic heterocycles. The molecule has 24 heavy (non-hydrogen) atoms. The number of carbonyl (C=O) groups is 1. The molecule has 0 spiro atoms. The van der Waals surface area contributed by atoms with Crippen molar-refractivity contribution in [2.75, 3.05) is 13.1 Å². The van der Waals surface area contributed by atoms with Crippen LogP contribution in [0, 0.1) is 12.7 Å². The Labute approximate surface area is 138 Å². The highest BCUT2D eigenvalue weighted by atomic mass is 19.1. The number of benzene rings is 1. The maximum Gasteiger partial charge on any atom is 0.270 e. The van der Waals surface area contributed by atoms with E-state index in [0.717, 1.165) is 24.4 Å². The van der Waals surface area contributed by atoms with Crippen LogP contribution in [-0.4, -0.2) is 38.8 Å². The first-order chi connectivity index (χ1) is 11.6. The van der Waals surface area contributed by atoms with Crippen LogP contribution in [0.2, 0.25) is 0 Å². The first-order valence-corrected chi connectivity index (χ1v) is 8.20. The van der Waals surface area contributed by atoms with E-state index in [-0.39, 0.29) is 17.6 Å². The van der Waals surface area contributed by atoms with Crippen molar-refractivity contribution < 1.29 is 9.18 Å². The van der Waals surface area contributed by atoms with Crippen LogP contribution in [0.3, 0.4) is 0 Å². The lowest BCUT2D eigenvalue weighted by Gasteiger charge is -2.31. The summed E-state index contributed by atoms with van der Waals surface area (Å²) in [5, 5.41) is 0.716. The molecular weight excluding hydrogens is 307 g/mol. The number of nitrogens with one attached hydrogen (secondary N) is 2. The van der Waals surface area contributed by atoms with Gasteiger partial charge in [0.15, 0.2) is 0 Å². The van der Waals surface area contributed by atoms with E-state index < -0.39 is 0 Å². The third kappa shape index (κ3) is 2.58. The van der Waals surface area contributed by atoms with Crippen molar-refractivity contribution in [1.82, 2.24) is 19.9 Å². The maximum atomic E-state index is 13.8. The molecule has 1 unspecified atom stereocenters. The molecule has 1 atom stereocenters. The smallest absolute Gasteiger partial charge is 0.270 e. The van der Waals surface area contributed by atoms with Crippen molar-refractivity contribution in [3.8, 4) is 0 Å². The Hall–Kier alpha value is -2.63. The summed E-state index contributed by atoms with van der Waals surface area (Å²) in [5.41, 5.74) is 1.85. The number of carbonyl (C=O) groups excluding carboxylic acids is 1. The van der Waals surface area contributed by atoms with E-state index in [1.165, 1.54) is 6.07 Å². The Morgan fingerprint density at radius 3 is 3.00 bits per heavy atom. The molecule has 0 saturated carbocycles. The molecule has 6 heteroatoms. The fourth-order valence-electron chi connectivity index (χ4n) is 3.43. The number of nitrogens with zero attached hydrogens (tertiary/aromatic N) is 2. The molecule has 2 aromatic heterocycles. The number of aromatic nitrogens is 3. The summed E-state index contributed by atoms with van der Waals surface area (Å²) < 4.78 is 13.8. The van der Waals surface area contributed by atoms with Gasteiger partial charge < -0.3 is 14.9 Å². The molecule has 0 aliphatic carbocycles. The molecule has 4 rings (SSSR count). The molecule has 124 valence electrons. The summed E-state index contributed by atoms with van der Waals surface area (Å²) >= 11 is 0. The lowest BCUT2D eigenvalue weighted by Crippen LogP contribution is -2.39. The molecule has 2 N–H and O–H groups in total. The lowest BCUT2D eigenvalue weighted by atomic mass is 9.97. The van der Waals surface area contributed by atoms with Crippen LogP contribution in [0.1, 0.15) is 40.8 Å². The van der Waals surface area contributed by atoms with Gasteiger partial charge in [-0.2, -0.15) is 0 Å². The maximum absolute atomic E-state index is 13.8. The normalized spacial score (nSPS) is 18.2. The van der Waals surface area contributed by atoms with Crippen LogP contribution in [0.4, 0.5) is 4.39 Å². The molecular formula is C18H19FN4O. The molecule has 3 aromatic rings. The number of imidazole rings is 1. The lowest BCUT2D eigenvalue weighted by molar-refractivity contribution is 0.0700. The summed E-state index contributed by atoms with van der Waals surface area (Å²) in [6, 6.07) is 6.57. The molecule has 3 heterocycles. The van der Waals surface area contributed by atoms with Gasteiger partial charge in [-0.05, 0) is 31.9 Å². The monoisotopic (exact) mass is 326 g/mol. The van der Waals surface area contributed by atoms with Crippen molar-refractivity contribution in [3.63, 3.8) is 0 Å². The van der Waals surface area contributed by atoms with Crippen LogP contribution >= 0.6 is 0 Å². The summed E-state index contributed by atoms with van der Waals surface area (Å²) in [6.45, 7) is 3.32. The standard InChI is InChI=1S/C18H19FN4O/c1-11-9-20-17(21-11)13-5-3-7-23(10-13)18(24)15-8-12-4-2-6-14(19)16(12)22-15/h2,4,6,8-9,13,22H,3,5,7,10H2,1H3,(H,20,21). The van der Waals surface area contributed by atoms with Crippen molar-refractivity contribution >= 4 is 16.8 Å². The molecule has 1 fully saturated rings. The summed E-state index contributed by atoms with van der Waals surface area (Å²) in [7, 11) is 0. The van der Waals surface area contributed by atoms with Crippen molar-refractivity contribution in [2.45, 2.75) is 25.7 Å². The number of aromatic amines is 2. The average Bonchev–Trinajstić information content (AvgIpc) is 3.21. The summed E-state index contributed by atoms with van der Waals surface area (Å²) in [5.74, 6) is 0.734. The zero-order chi connectivity index (χ0) is 16.7. The summed E-state index contributed by atoms with van der Waals surface area (Å²) in [6.07, 6.45) is 3.76. The molecule has 5 nitrogen and oxygen atoms in total. The predicted octanol–water partition coefficient (Wildman–Crippen LogP) is 3.36. The number of hydrogen-bond donors (Lipinski definition) is 2. The quantitative estimate of drug-likeness (QED) is 0.758. The second kappa shape index (κ2) is 5.78. The fraction of sp³-hybridized carbons (Fsp3) is 0.333. The highest BCUT2D eigenvalue weighted by Gasteiger charge is 2.28. The number of piperidine rings is 1. The van der Waals surface area contributed by atoms with Crippen LogP contribution in [0.25, 0.3) is 10.9 Å². The van der Waals surface area contributed by atoms with Gasteiger partial charge in [-0.3, -0.25) is 4.79 Å². The topological polar surface area (TPSA) is 64.8 Å². The molecule has 1 aliphatic rings. The molecule has 0 radical (unpaired) electrons. The number of fused-ring (bicyclic) bond motifs is 1. The van der Waals surface area contributed by atoms with Crippen molar-refractivity contribution in [2.24, 2.45) is 0 Å². The zero-order valence-corrected chi connectivity index (χ0v) is 13.5. The molecule has 0 bridgehead atoms. The number of amides is 1. The van der Waals surface area contributed by atoms with E-state index in [1.807, 2.05) is 18.0 Å². The van der Waals surface area contributed by atoms with Crippen LogP contribution in [0.15, 0.2) is 30.5 Å². The van der Waals surface area contributed by atoms with Crippen molar-refractivity contribution in [3.05, 3.63) is 53.5 Å². The van der Waals surface area contributed by atoms with Gasteiger partial charge in [0.1, 0.15) is 17.3 Å². The Balaban J connectivity index is 1.57. The minimum absolute atomic E-state index is 0.0846. The highest BCUT2D eigenvalue weighted by molar-refractivity contribution is 5.98. The van der Waals surface area contributed by atoms with E-state index in [1.54, 1.807) is 18.2 Å². The number of halogens is 1. The van der Waals surface area contributed by atoms with Gasteiger partial charge in [0, 0.05) is 36.3 Å². The second-order valence-corrected chi connectivity index (χ2v) is 6.43. The Morgan fingerprint density at radius 2 is 2.25 bits per heavy atom. The molecule has 1 saturated heterocycles. The molecule has 1 amide bonds. The van der Waals surface area contributed by atoms with Gasteiger partial charge >= 0.3 is 0 Å². The van der Waals surface area contributed by atoms with E-state index in [9.17, 15) is 9.18 Å². The number of hydrogen-bond acceptors (Lipinski definition) is 2. The van der Waals surface area contributed by atoms with E-state index in [2.05, 4.69) is 15.0 Å². The first kappa shape index (κ1) is 14.9. The largest absolute Gasteiger partial charge is 0.348 e. The Morgan fingerprint density at radius 1 is 1.38 bits per heavy atom. The number of aryl methyl sites for hydroxylation is 1. The van der Waals surface area contributed by atoms with Gasteiger partial charge in [0.25, 0.3) is 5.91 Å². The van der Waals surface area contributed by atoms with E-state index in [4.69, 9.17) is 0 Å². The van der Waals surface area contributed by atoms with Gasteiger partial charge in [-0.1, -0.05) is 12.1 Å². The second-order valence-electron chi connectivity index (χ2n) is 6.43. The number of H-pyrrole nitrogens is 2.